The van der Waals surface area contributed by atoms with Crippen molar-refractivity contribution in [1.82, 2.24) is 4.90 Å². The molecule has 4 fully saturated rings. The van der Waals surface area contributed by atoms with Crippen molar-refractivity contribution in [3.05, 3.63) is 0 Å². The van der Waals surface area contributed by atoms with Gasteiger partial charge >= 0.3 is 0 Å². The molecule has 0 aromatic rings. The Morgan fingerprint density at radius 2 is 1.80 bits per heavy atom. The van der Waals surface area contributed by atoms with E-state index in [4.69, 9.17) is 5.11 Å². The number of likely N-dealkylation sites (tertiary alicyclic amines) is 1. The Morgan fingerprint density at radius 1 is 1.20 bits per heavy atom. The van der Waals surface area contributed by atoms with Crippen molar-refractivity contribution in [3.8, 4) is 0 Å². The van der Waals surface area contributed by atoms with Crippen LogP contribution in [0.1, 0.15) is 19.3 Å². The lowest BCUT2D eigenvalue weighted by Crippen LogP contribution is -2.74. The minimum atomic E-state index is -0.00553. The molecule has 1 aliphatic heterocycles. The zero-order valence-electron chi connectivity index (χ0n) is 6.08. The summed E-state index contributed by atoms with van der Waals surface area (Å²) in [4.78, 5) is 2.47. The average Bonchev–Trinajstić information content (AvgIpc) is 1.52. The Morgan fingerprint density at radius 3 is 2.10 bits per heavy atom. The van der Waals surface area contributed by atoms with Crippen molar-refractivity contribution >= 4 is 0 Å². The number of rotatable bonds is 1. The molecular formula is C8H13NO. The van der Waals surface area contributed by atoms with Gasteiger partial charge in [-0.1, -0.05) is 0 Å². The fraction of sp³-hybridized carbons (Fsp3) is 1.00. The van der Waals surface area contributed by atoms with E-state index in [2.05, 4.69) is 4.90 Å². The van der Waals surface area contributed by atoms with E-state index in [0.29, 0.717) is 5.54 Å². The SMILES string of the molecule is OC1CN(C23CC(C2)C3)C1. The van der Waals surface area contributed by atoms with Crippen LogP contribution in [0.4, 0.5) is 0 Å². The Labute approximate surface area is 60.8 Å². The lowest BCUT2D eigenvalue weighted by molar-refractivity contribution is -0.195. The lowest BCUT2D eigenvalue weighted by Gasteiger charge is -2.69. The normalized spacial score (nSPS) is 53.1. The van der Waals surface area contributed by atoms with E-state index in [1.807, 2.05) is 0 Å². The van der Waals surface area contributed by atoms with Crippen LogP contribution >= 0.6 is 0 Å². The van der Waals surface area contributed by atoms with E-state index in [1.165, 1.54) is 19.3 Å². The summed E-state index contributed by atoms with van der Waals surface area (Å²) in [5.74, 6) is 1.07. The first-order valence-corrected chi connectivity index (χ1v) is 4.22. The van der Waals surface area contributed by atoms with Crippen molar-refractivity contribution in [3.63, 3.8) is 0 Å². The van der Waals surface area contributed by atoms with E-state index in [0.717, 1.165) is 19.0 Å². The maximum absolute atomic E-state index is 9.08. The van der Waals surface area contributed by atoms with Gasteiger partial charge in [0.15, 0.2) is 0 Å². The van der Waals surface area contributed by atoms with Crippen LogP contribution in [0.25, 0.3) is 0 Å². The van der Waals surface area contributed by atoms with E-state index in [-0.39, 0.29) is 6.10 Å². The molecule has 1 N–H and O–H groups in total. The second-order valence-electron chi connectivity index (χ2n) is 4.26. The van der Waals surface area contributed by atoms with Crippen molar-refractivity contribution in [2.45, 2.75) is 30.9 Å². The highest BCUT2D eigenvalue weighted by Gasteiger charge is 2.61. The summed E-state index contributed by atoms with van der Waals surface area (Å²) in [6.07, 6.45) is 4.29. The van der Waals surface area contributed by atoms with Crippen LogP contribution in [0.5, 0.6) is 0 Å². The monoisotopic (exact) mass is 139 g/mol. The molecule has 2 nitrogen and oxygen atoms in total. The van der Waals surface area contributed by atoms with Crippen molar-refractivity contribution in [2.24, 2.45) is 5.92 Å². The molecule has 10 heavy (non-hydrogen) atoms. The van der Waals surface area contributed by atoms with Crippen LogP contribution in [0.2, 0.25) is 0 Å². The third-order valence-corrected chi connectivity index (χ3v) is 3.54. The topological polar surface area (TPSA) is 23.5 Å². The third-order valence-electron chi connectivity index (χ3n) is 3.54. The Balaban J connectivity index is 1.68. The Kier molecular flexibility index (Phi) is 0.783. The second-order valence-corrected chi connectivity index (χ2v) is 4.26. The van der Waals surface area contributed by atoms with Crippen LogP contribution in [-0.4, -0.2) is 34.7 Å². The number of β-amino-alcohol motifs (C(OH)–C–C–N with tert-alkyl or cyclic N) is 1. The minimum absolute atomic E-state index is 0.00553. The molecule has 0 spiro atoms. The lowest BCUT2D eigenvalue weighted by atomic mass is 9.48. The van der Waals surface area contributed by atoms with Crippen LogP contribution in [-0.2, 0) is 0 Å². The van der Waals surface area contributed by atoms with Gasteiger partial charge in [0.05, 0.1) is 6.10 Å². The fourth-order valence-corrected chi connectivity index (χ4v) is 2.66. The highest BCUT2D eigenvalue weighted by molar-refractivity contribution is 5.16. The molecule has 3 aliphatic carbocycles. The van der Waals surface area contributed by atoms with Gasteiger partial charge < -0.3 is 5.11 Å². The van der Waals surface area contributed by atoms with Gasteiger partial charge in [-0.2, -0.15) is 0 Å². The minimum Gasteiger partial charge on any atom is -0.390 e. The maximum Gasteiger partial charge on any atom is 0.0794 e. The quantitative estimate of drug-likeness (QED) is 0.561. The van der Waals surface area contributed by atoms with Crippen molar-refractivity contribution in [2.75, 3.05) is 13.1 Å². The van der Waals surface area contributed by atoms with Crippen LogP contribution < -0.4 is 0 Å². The summed E-state index contributed by atoms with van der Waals surface area (Å²) in [7, 11) is 0. The molecule has 0 atom stereocenters. The van der Waals surface area contributed by atoms with Crippen molar-refractivity contribution < 1.29 is 5.11 Å². The Hall–Kier alpha value is -0.0800. The molecule has 4 aliphatic rings. The molecule has 0 amide bonds. The first kappa shape index (κ1) is 5.56. The first-order valence-electron chi connectivity index (χ1n) is 4.22. The molecule has 0 aromatic heterocycles. The molecule has 2 bridgehead atoms. The molecule has 56 valence electrons. The molecule has 3 saturated carbocycles. The smallest absolute Gasteiger partial charge is 0.0794 e. The predicted octanol–water partition coefficient (Wildman–Crippen LogP) is 0.215. The molecule has 0 radical (unpaired) electrons. The number of hydrogen-bond acceptors (Lipinski definition) is 2. The van der Waals surface area contributed by atoms with Crippen LogP contribution in [0.3, 0.4) is 0 Å². The molecule has 1 heterocycles. The van der Waals surface area contributed by atoms with Crippen LogP contribution in [0.15, 0.2) is 0 Å². The van der Waals surface area contributed by atoms with Gasteiger partial charge in [0.1, 0.15) is 0 Å². The van der Waals surface area contributed by atoms with Gasteiger partial charge in [-0.15, -0.1) is 0 Å². The third kappa shape index (κ3) is 0.453. The molecule has 1 saturated heterocycles. The maximum atomic E-state index is 9.08. The number of hydrogen-bond donors (Lipinski definition) is 1. The average molecular weight is 139 g/mol. The van der Waals surface area contributed by atoms with Gasteiger partial charge in [0, 0.05) is 18.6 Å². The van der Waals surface area contributed by atoms with E-state index < -0.39 is 0 Å². The standard InChI is InChI=1S/C8H13NO/c10-7-4-9(5-7)8-1-6(2-8)3-8/h6-7,10H,1-5H2. The van der Waals surface area contributed by atoms with Gasteiger partial charge in [-0.05, 0) is 25.2 Å². The summed E-state index contributed by atoms with van der Waals surface area (Å²) in [6, 6.07) is 0. The van der Waals surface area contributed by atoms with Gasteiger partial charge in [-0.3, -0.25) is 4.90 Å². The highest BCUT2D eigenvalue weighted by atomic mass is 16.3. The largest absolute Gasteiger partial charge is 0.390 e. The van der Waals surface area contributed by atoms with E-state index in [9.17, 15) is 0 Å². The molecule has 2 heteroatoms. The molecule has 0 aromatic carbocycles. The van der Waals surface area contributed by atoms with Gasteiger partial charge in [0.25, 0.3) is 0 Å². The second kappa shape index (κ2) is 1.41. The number of aliphatic hydroxyl groups is 1. The summed E-state index contributed by atoms with van der Waals surface area (Å²) in [6.45, 7) is 1.90. The zero-order valence-corrected chi connectivity index (χ0v) is 6.08. The molecule has 4 rings (SSSR count). The summed E-state index contributed by atoms with van der Waals surface area (Å²) >= 11 is 0. The fourth-order valence-electron chi connectivity index (χ4n) is 2.66. The molecular weight excluding hydrogens is 126 g/mol. The zero-order chi connectivity index (χ0) is 6.77. The Bertz CT molecular complexity index is 157. The predicted molar refractivity (Wildman–Crippen MR) is 37.7 cm³/mol. The summed E-state index contributed by atoms with van der Waals surface area (Å²) in [5, 5.41) is 9.08. The van der Waals surface area contributed by atoms with Gasteiger partial charge in [-0.25, -0.2) is 0 Å². The summed E-state index contributed by atoms with van der Waals surface area (Å²) in [5.41, 5.74) is 0.615. The number of aliphatic hydroxyl groups excluding tert-OH is 1. The van der Waals surface area contributed by atoms with Gasteiger partial charge in [0.2, 0.25) is 0 Å². The molecule has 0 unspecified atom stereocenters. The van der Waals surface area contributed by atoms with Crippen molar-refractivity contribution in [1.29, 1.82) is 0 Å². The van der Waals surface area contributed by atoms with Crippen LogP contribution in [0, 0.1) is 5.92 Å². The highest BCUT2D eigenvalue weighted by Crippen LogP contribution is 2.61. The number of nitrogens with zero attached hydrogens (tertiary/aromatic N) is 1. The van der Waals surface area contributed by atoms with E-state index >= 15 is 0 Å². The summed E-state index contributed by atoms with van der Waals surface area (Å²) < 4.78 is 0. The first-order chi connectivity index (χ1) is 4.78. The van der Waals surface area contributed by atoms with E-state index in [1.54, 1.807) is 0 Å².